The van der Waals surface area contributed by atoms with Crippen LogP contribution in [0.2, 0.25) is 10.0 Å². The molecule has 0 aliphatic heterocycles. The highest BCUT2D eigenvalue weighted by Gasteiger charge is 2.19. The molecule has 1 heterocycles. The Morgan fingerprint density at radius 3 is 2.05 bits per heavy atom. The van der Waals surface area contributed by atoms with Gasteiger partial charge in [-0.3, -0.25) is 0 Å². The van der Waals surface area contributed by atoms with Crippen LogP contribution >= 0.6 is 23.2 Å². The summed E-state index contributed by atoms with van der Waals surface area (Å²) < 4.78 is 0. The van der Waals surface area contributed by atoms with Crippen molar-refractivity contribution in [3.63, 3.8) is 0 Å². The highest BCUT2D eigenvalue weighted by Crippen LogP contribution is 2.29. The first-order valence-corrected chi connectivity index (χ1v) is 7.09. The Labute approximate surface area is 129 Å². The van der Waals surface area contributed by atoms with Crippen LogP contribution in [-0.2, 0) is 5.41 Å². The van der Waals surface area contributed by atoms with Crippen molar-refractivity contribution in [1.29, 1.82) is 0 Å². The quantitative estimate of drug-likeness (QED) is 0.866. The number of aromatic nitrogens is 2. The lowest BCUT2D eigenvalue weighted by Gasteiger charge is -2.18. The summed E-state index contributed by atoms with van der Waals surface area (Å²) in [5, 5.41) is 4.25. The molecule has 0 saturated heterocycles. The monoisotopic (exact) mass is 309 g/mol. The van der Waals surface area contributed by atoms with Crippen LogP contribution in [0.1, 0.15) is 26.6 Å². The predicted molar refractivity (Wildman–Crippen MR) is 85.7 cm³/mol. The summed E-state index contributed by atoms with van der Waals surface area (Å²) in [6.45, 7) is 6.24. The van der Waals surface area contributed by atoms with Crippen LogP contribution in [0, 0.1) is 0 Å². The molecular formula is C15H17Cl2N3. The molecule has 1 aromatic carbocycles. The molecule has 3 nitrogen and oxygen atoms in total. The topological polar surface area (TPSA) is 37.8 Å². The number of rotatable bonds is 2. The van der Waals surface area contributed by atoms with E-state index in [1.54, 1.807) is 6.07 Å². The number of nitrogens with one attached hydrogen (secondary N) is 1. The van der Waals surface area contributed by atoms with Gasteiger partial charge in [0.2, 0.25) is 0 Å². The Morgan fingerprint density at radius 1 is 0.950 bits per heavy atom. The molecule has 0 aliphatic carbocycles. The Morgan fingerprint density at radius 2 is 1.55 bits per heavy atom. The number of nitrogens with zero attached hydrogens (tertiary/aromatic N) is 2. The van der Waals surface area contributed by atoms with Crippen molar-refractivity contribution in [3.8, 4) is 11.3 Å². The van der Waals surface area contributed by atoms with Gasteiger partial charge in [-0.25, -0.2) is 9.97 Å². The summed E-state index contributed by atoms with van der Waals surface area (Å²) in [7, 11) is 1.84. The molecule has 5 heteroatoms. The minimum absolute atomic E-state index is 0.135. The summed E-state index contributed by atoms with van der Waals surface area (Å²) in [5.41, 5.74) is 1.55. The fourth-order valence-corrected chi connectivity index (χ4v) is 2.29. The molecule has 1 N–H and O–H groups in total. The van der Waals surface area contributed by atoms with Crippen LogP contribution < -0.4 is 5.32 Å². The van der Waals surface area contributed by atoms with Crippen LogP contribution in [-0.4, -0.2) is 17.0 Å². The van der Waals surface area contributed by atoms with Gasteiger partial charge in [0.25, 0.3) is 0 Å². The van der Waals surface area contributed by atoms with Crippen LogP contribution in [0.15, 0.2) is 24.3 Å². The normalized spacial score (nSPS) is 11.5. The Bertz CT molecular complexity index is 613. The number of halogens is 2. The molecule has 0 amide bonds. The van der Waals surface area contributed by atoms with Crippen LogP contribution in [0.25, 0.3) is 11.3 Å². The van der Waals surface area contributed by atoms with E-state index in [2.05, 4.69) is 36.1 Å². The second kappa shape index (κ2) is 5.58. The van der Waals surface area contributed by atoms with Gasteiger partial charge in [0.05, 0.1) is 5.69 Å². The fraction of sp³-hybridized carbons (Fsp3) is 0.333. The van der Waals surface area contributed by atoms with Gasteiger partial charge in [0.15, 0.2) is 0 Å². The van der Waals surface area contributed by atoms with Crippen molar-refractivity contribution in [1.82, 2.24) is 9.97 Å². The molecule has 106 valence electrons. The summed E-state index contributed by atoms with van der Waals surface area (Å²) in [6.07, 6.45) is 0. The molecule has 0 fully saturated rings. The van der Waals surface area contributed by atoms with E-state index in [9.17, 15) is 0 Å². The first-order valence-electron chi connectivity index (χ1n) is 6.33. The number of hydrogen-bond donors (Lipinski definition) is 1. The van der Waals surface area contributed by atoms with Crippen LogP contribution in [0.4, 0.5) is 5.82 Å². The minimum atomic E-state index is -0.135. The van der Waals surface area contributed by atoms with Crippen molar-refractivity contribution in [2.24, 2.45) is 0 Å². The predicted octanol–water partition coefficient (Wildman–Crippen LogP) is 4.79. The molecule has 0 saturated carbocycles. The van der Waals surface area contributed by atoms with Gasteiger partial charge in [-0.1, -0.05) is 44.0 Å². The zero-order valence-corrected chi connectivity index (χ0v) is 13.5. The molecule has 0 bridgehead atoms. The number of anilines is 1. The zero-order chi connectivity index (χ0) is 14.9. The molecule has 0 spiro atoms. The maximum Gasteiger partial charge on any atom is 0.136 e. The van der Waals surface area contributed by atoms with Crippen LogP contribution in [0.3, 0.4) is 0 Å². The first kappa shape index (κ1) is 15.1. The summed E-state index contributed by atoms with van der Waals surface area (Å²) >= 11 is 12.1. The van der Waals surface area contributed by atoms with Crippen molar-refractivity contribution >= 4 is 29.0 Å². The SMILES string of the molecule is CNc1cc(-c2cc(Cl)cc(Cl)c2)nc(C(C)(C)C)n1. The van der Waals surface area contributed by atoms with Crippen molar-refractivity contribution in [2.75, 3.05) is 12.4 Å². The standard InChI is InChI=1S/C15H17Cl2N3/c1-15(2,3)14-19-12(8-13(18-4)20-14)9-5-10(16)7-11(17)6-9/h5-8H,1-4H3,(H,18,19,20). The summed E-state index contributed by atoms with van der Waals surface area (Å²) in [4.78, 5) is 9.14. The van der Waals surface area contributed by atoms with Gasteiger partial charge < -0.3 is 5.32 Å². The van der Waals surface area contributed by atoms with Gasteiger partial charge in [0, 0.05) is 34.1 Å². The van der Waals surface area contributed by atoms with Crippen molar-refractivity contribution in [3.05, 3.63) is 40.1 Å². The van der Waals surface area contributed by atoms with Gasteiger partial charge in [-0.15, -0.1) is 0 Å². The Kier molecular flexibility index (Phi) is 4.21. The van der Waals surface area contributed by atoms with Crippen molar-refractivity contribution < 1.29 is 0 Å². The van der Waals surface area contributed by atoms with Gasteiger partial charge in [-0.2, -0.15) is 0 Å². The third-order valence-corrected chi connectivity index (χ3v) is 3.25. The van der Waals surface area contributed by atoms with E-state index < -0.39 is 0 Å². The summed E-state index contributed by atoms with van der Waals surface area (Å²) in [5.74, 6) is 1.55. The lowest BCUT2D eigenvalue weighted by molar-refractivity contribution is 0.547. The van der Waals surface area contributed by atoms with Gasteiger partial charge in [-0.05, 0) is 18.2 Å². The van der Waals surface area contributed by atoms with E-state index in [1.807, 2.05) is 25.2 Å². The average molecular weight is 310 g/mol. The van der Waals surface area contributed by atoms with Gasteiger partial charge in [0.1, 0.15) is 11.6 Å². The van der Waals surface area contributed by atoms with E-state index in [4.69, 9.17) is 23.2 Å². The third-order valence-electron chi connectivity index (χ3n) is 2.81. The van der Waals surface area contributed by atoms with E-state index in [-0.39, 0.29) is 5.41 Å². The molecule has 20 heavy (non-hydrogen) atoms. The van der Waals surface area contributed by atoms with Gasteiger partial charge >= 0.3 is 0 Å². The smallest absolute Gasteiger partial charge is 0.136 e. The zero-order valence-electron chi connectivity index (χ0n) is 12.0. The van der Waals surface area contributed by atoms with E-state index in [1.165, 1.54) is 0 Å². The second-order valence-corrected chi connectivity index (χ2v) is 6.49. The Balaban J connectivity index is 2.61. The first-order chi connectivity index (χ1) is 9.29. The van der Waals surface area contributed by atoms with Crippen molar-refractivity contribution in [2.45, 2.75) is 26.2 Å². The number of benzene rings is 1. The average Bonchev–Trinajstić information content (AvgIpc) is 2.36. The molecule has 1 aromatic heterocycles. The lowest BCUT2D eigenvalue weighted by atomic mass is 9.95. The molecule has 2 aromatic rings. The third kappa shape index (κ3) is 3.41. The fourth-order valence-electron chi connectivity index (χ4n) is 1.76. The summed E-state index contributed by atoms with van der Waals surface area (Å²) in [6, 6.07) is 7.29. The van der Waals surface area contributed by atoms with E-state index in [0.29, 0.717) is 10.0 Å². The largest absolute Gasteiger partial charge is 0.373 e. The molecule has 0 aliphatic rings. The molecular weight excluding hydrogens is 293 g/mol. The molecule has 0 unspecified atom stereocenters. The second-order valence-electron chi connectivity index (χ2n) is 5.62. The highest BCUT2D eigenvalue weighted by atomic mass is 35.5. The Hall–Kier alpha value is -1.32. The van der Waals surface area contributed by atoms with E-state index in [0.717, 1.165) is 22.9 Å². The van der Waals surface area contributed by atoms with E-state index >= 15 is 0 Å². The lowest BCUT2D eigenvalue weighted by Crippen LogP contribution is -2.17. The maximum absolute atomic E-state index is 6.06. The number of hydrogen-bond acceptors (Lipinski definition) is 3. The minimum Gasteiger partial charge on any atom is -0.373 e. The molecule has 0 atom stereocenters. The molecule has 2 rings (SSSR count). The van der Waals surface area contributed by atoms with Crippen LogP contribution in [0.5, 0.6) is 0 Å². The maximum atomic E-state index is 6.06. The molecule has 0 radical (unpaired) electrons. The highest BCUT2D eigenvalue weighted by molar-refractivity contribution is 6.35.